The van der Waals surface area contributed by atoms with Crippen LogP contribution in [0.4, 0.5) is 32.0 Å². The first-order valence-electron chi connectivity index (χ1n) is 11.1. The van der Waals surface area contributed by atoms with Crippen molar-refractivity contribution in [3.05, 3.63) is 77.1 Å². The lowest BCUT2D eigenvalue weighted by Crippen LogP contribution is -2.21. The average Bonchev–Trinajstić information content (AvgIpc) is 2.82. The molecule has 2 aromatic carbocycles. The molecular weight excluding hydrogens is 502 g/mol. The van der Waals surface area contributed by atoms with E-state index in [1.807, 2.05) is 26.0 Å². The van der Waals surface area contributed by atoms with Gasteiger partial charge in [-0.05, 0) is 60.4 Å². The van der Waals surface area contributed by atoms with Gasteiger partial charge in [-0.3, -0.25) is 14.6 Å². The third kappa shape index (κ3) is 7.55. The largest absolute Gasteiger partial charge is 0.483 e. The summed E-state index contributed by atoms with van der Waals surface area (Å²) in [6.07, 6.45) is -8.07. The van der Waals surface area contributed by atoms with E-state index in [0.717, 1.165) is 28.5 Å². The molecule has 1 heterocycles. The van der Waals surface area contributed by atoms with Gasteiger partial charge in [0.05, 0.1) is 12.0 Å². The fourth-order valence-electron chi connectivity index (χ4n) is 3.57. The number of pyridine rings is 1. The Morgan fingerprint density at radius 2 is 1.73 bits per heavy atom. The molecule has 0 spiro atoms. The van der Waals surface area contributed by atoms with E-state index in [1.165, 1.54) is 6.07 Å². The van der Waals surface area contributed by atoms with Crippen LogP contribution >= 0.6 is 0 Å². The molecule has 1 N–H and O–H groups in total. The molecule has 0 aliphatic rings. The van der Waals surface area contributed by atoms with Crippen LogP contribution in [-0.4, -0.2) is 29.5 Å². The van der Waals surface area contributed by atoms with Gasteiger partial charge < -0.3 is 10.1 Å². The van der Waals surface area contributed by atoms with Gasteiger partial charge in [-0.2, -0.15) is 26.3 Å². The highest BCUT2D eigenvalue weighted by Crippen LogP contribution is 2.38. The third-order valence-electron chi connectivity index (χ3n) is 5.28. The number of carbonyl (C=O) groups is 2. The highest BCUT2D eigenvalue weighted by atomic mass is 19.4. The summed E-state index contributed by atoms with van der Waals surface area (Å²) in [5, 5.41) is 2.18. The summed E-state index contributed by atoms with van der Waals surface area (Å²) in [7, 11) is 0. The van der Waals surface area contributed by atoms with Crippen LogP contribution in [0.3, 0.4) is 0 Å². The van der Waals surface area contributed by atoms with E-state index < -0.39 is 48.4 Å². The fourth-order valence-corrected chi connectivity index (χ4v) is 3.57. The van der Waals surface area contributed by atoms with E-state index in [9.17, 15) is 35.9 Å². The zero-order valence-corrected chi connectivity index (χ0v) is 19.8. The van der Waals surface area contributed by atoms with Gasteiger partial charge >= 0.3 is 12.4 Å². The number of benzene rings is 2. The minimum Gasteiger partial charge on any atom is -0.483 e. The van der Waals surface area contributed by atoms with Gasteiger partial charge in [0.1, 0.15) is 5.75 Å². The van der Waals surface area contributed by atoms with Gasteiger partial charge in [-0.1, -0.05) is 25.1 Å². The normalized spacial score (nSPS) is 11.8. The van der Waals surface area contributed by atoms with Crippen LogP contribution < -0.4 is 10.1 Å². The van der Waals surface area contributed by atoms with Crippen LogP contribution in [0.25, 0.3) is 11.1 Å². The molecule has 0 saturated heterocycles. The number of ether oxygens (including phenoxy) is 1. The monoisotopic (exact) mass is 524 g/mol. The van der Waals surface area contributed by atoms with Crippen LogP contribution in [0.1, 0.15) is 40.5 Å². The quantitative estimate of drug-likeness (QED) is 0.200. The van der Waals surface area contributed by atoms with Gasteiger partial charge in [0.2, 0.25) is 5.91 Å². The van der Waals surface area contributed by atoms with Crippen molar-refractivity contribution in [1.82, 2.24) is 4.98 Å². The number of alkyl halides is 6. The topological polar surface area (TPSA) is 68.3 Å². The summed E-state index contributed by atoms with van der Waals surface area (Å²) in [5.41, 5.74) is 1.79. The summed E-state index contributed by atoms with van der Waals surface area (Å²) < 4.78 is 81.4. The second-order valence-electron chi connectivity index (χ2n) is 8.18. The molecule has 0 saturated carbocycles. The first kappa shape index (κ1) is 27.7. The third-order valence-corrected chi connectivity index (χ3v) is 5.28. The van der Waals surface area contributed by atoms with Gasteiger partial charge in [-0.15, -0.1) is 0 Å². The number of anilines is 1. The van der Waals surface area contributed by atoms with Crippen molar-refractivity contribution in [3.8, 4) is 16.9 Å². The Morgan fingerprint density at radius 3 is 2.38 bits per heavy atom. The summed E-state index contributed by atoms with van der Waals surface area (Å²) >= 11 is 0. The number of hydrogen-bond donors (Lipinski definition) is 1. The van der Waals surface area contributed by atoms with E-state index in [1.54, 1.807) is 18.3 Å². The molecule has 0 radical (unpaired) electrons. The number of halogens is 6. The summed E-state index contributed by atoms with van der Waals surface area (Å²) in [4.78, 5) is 29.4. The van der Waals surface area contributed by atoms with Crippen molar-refractivity contribution >= 4 is 17.4 Å². The molecule has 1 amide bonds. The number of aryl methyl sites for hydroxylation is 2. The summed E-state index contributed by atoms with van der Waals surface area (Å²) in [5.74, 6) is -2.49. The molecule has 0 bridgehead atoms. The molecule has 11 heteroatoms. The molecule has 5 nitrogen and oxygen atoms in total. The van der Waals surface area contributed by atoms with Gasteiger partial charge in [-0.25, -0.2) is 0 Å². The Kier molecular flexibility index (Phi) is 8.25. The van der Waals surface area contributed by atoms with Crippen molar-refractivity contribution in [2.24, 2.45) is 0 Å². The SMILES string of the molecule is CCc1cnc(C)cc1-c1cccc(C(=O)CC(=O)Nc2ccc(OCC(F)(F)F)c(C(F)(F)F)c2)c1. The van der Waals surface area contributed by atoms with Gasteiger partial charge in [0.25, 0.3) is 0 Å². The maximum absolute atomic E-state index is 13.3. The number of amides is 1. The first-order valence-corrected chi connectivity index (χ1v) is 11.1. The minimum atomic E-state index is -5.04. The number of nitrogens with zero attached hydrogens (tertiary/aromatic N) is 1. The van der Waals surface area contributed by atoms with Crippen LogP contribution in [-0.2, 0) is 17.4 Å². The zero-order chi connectivity index (χ0) is 27.4. The average molecular weight is 524 g/mol. The Labute approximate surface area is 208 Å². The molecule has 37 heavy (non-hydrogen) atoms. The number of ketones is 1. The Hall–Kier alpha value is -3.89. The number of carbonyl (C=O) groups excluding carboxylic acids is 2. The molecular formula is C26H22F6N2O3. The van der Waals surface area contributed by atoms with E-state index >= 15 is 0 Å². The Morgan fingerprint density at radius 1 is 1.00 bits per heavy atom. The molecule has 1 aromatic heterocycles. The maximum Gasteiger partial charge on any atom is 0.422 e. The fraction of sp³-hybridized carbons (Fsp3) is 0.269. The lowest BCUT2D eigenvalue weighted by molar-refractivity contribution is -0.158. The molecule has 0 aliphatic heterocycles. The lowest BCUT2D eigenvalue weighted by Gasteiger charge is -2.16. The molecule has 3 aromatic rings. The van der Waals surface area contributed by atoms with Crippen LogP contribution in [0.2, 0.25) is 0 Å². The molecule has 0 atom stereocenters. The van der Waals surface area contributed by atoms with Crippen molar-refractivity contribution < 1.29 is 40.7 Å². The number of rotatable bonds is 8. The van der Waals surface area contributed by atoms with Crippen molar-refractivity contribution in [1.29, 1.82) is 0 Å². The molecule has 0 fully saturated rings. The lowest BCUT2D eigenvalue weighted by atomic mass is 9.96. The minimum absolute atomic E-state index is 0.232. The van der Waals surface area contributed by atoms with Gasteiger partial charge in [0, 0.05) is 23.1 Å². The van der Waals surface area contributed by atoms with E-state index in [-0.39, 0.29) is 11.3 Å². The number of hydrogen-bond acceptors (Lipinski definition) is 4. The first-order chi connectivity index (χ1) is 17.3. The van der Waals surface area contributed by atoms with Crippen LogP contribution in [0, 0.1) is 6.92 Å². The van der Waals surface area contributed by atoms with E-state index in [2.05, 4.69) is 15.0 Å². The summed E-state index contributed by atoms with van der Waals surface area (Å²) in [6.45, 7) is 1.89. The van der Waals surface area contributed by atoms with Crippen molar-refractivity contribution in [2.75, 3.05) is 11.9 Å². The number of nitrogens with one attached hydrogen (secondary N) is 1. The van der Waals surface area contributed by atoms with Crippen molar-refractivity contribution in [3.63, 3.8) is 0 Å². The molecule has 3 rings (SSSR count). The zero-order valence-electron chi connectivity index (χ0n) is 19.8. The molecule has 196 valence electrons. The highest BCUT2D eigenvalue weighted by Gasteiger charge is 2.36. The Balaban J connectivity index is 1.75. The van der Waals surface area contributed by atoms with E-state index in [0.29, 0.717) is 18.6 Å². The second kappa shape index (κ2) is 11.0. The van der Waals surface area contributed by atoms with Crippen molar-refractivity contribution in [2.45, 2.75) is 39.0 Å². The van der Waals surface area contributed by atoms with Crippen LogP contribution in [0.15, 0.2) is 54.7 Å². The van der Waals surface area contributed by atoms with Crippen LogP contribution in [0.5, 0.6) is 5.75 Å². The molecule has 0 unspecified atom stereocenters. The molecule has 0 aliphatic carbocycles. The Bertz CT molecular complexity index is 1300. The predicted molar refractivity (Wildman–Crippen MR) is 124 cm³/mol. The predicted octanol–water partition coefficient (Wildman–Crippen LogP) is 6.79. The van der Waals surface area contributed by atoms with Gasteiger partial charge in [0.15, 0.2) is 12.4 Å². The number of aromatic nitrogens is 1. The second-order valence-corrected chi connectivity index (χ2v) is 8.18. The number of Topliss-reactive ketones (excluding diaryl/α,β-unsaturated/α-hetero) is 1. The van der Waals surface area contributed by atoms with E-state index in [4.69, 9.17) is 0 Å². The highest BCUT2D eigenvalue weighted by molar-refractivity contribution is 6.11. The standard InChI is InChI=1S/C26H22F6N2O3/c1-3-16-13-33-15(2)9-20(16)17-5-4-6-18(10-17)22(35)12-24(36)34-19-7-8-23(37-14-25(27,28)29)21(11-19)26(30,31)32/h4-11,13H,3,12,14H2,1-2H3,(H,34,36). The summed E-state index contributed by atoms with van der Waals surface area (Å²) in [6, 6.07) is 10.6. The smallest absolute Gasteiger partial charge is 0.422 e. The maximum atomic E-state index is 13.3.